The minimum absolute atomic E-state index is 0.946. The van der Waals surface area contributed by atoms with Gasteiger partial charge < -0.3 is 0 Å². The SMILES string of the molecule is C1=NC2=Cc3ccccc3C[N+]2=C1.[O-][Cl+3]([O-])([O-])[O-]. The first-order chi connectivity index (χ1) is 8.43. The average molecular weight is 269 g/mol. The molecule has 0 amide bonds. The number of rotatable bonds is 0. The van der Waals surface area contributed by atoms with Crippen LogP contribution in [0.4, 0.5) is 0 Å². The fourth-order valence-corrected chi connectivity index (χ4v) is 1.74. The van der Waals surface area contributed by atoms with Crippen LogP contribution in [0.3, 0.4) is 0 Å². The summed E-state index contributed by atoms with van der Waals surface area (Å²) in [5.74, 6) is 1.05. The van der Waals surface area contributed by atoms with E-state index in [1.807, 2.05) is 12.4 Å². The van der Waals surface area contributed by atoms with Crippen molar-refractivity contribution >= 4 is 18.5 Å². The zero-order valence-corrected chi connectivity index (χ0v) is 9.91. The summed E-state index contributed by atoms with van der Waals surface area (Å²) in [6, 6.07) is 8.44. The smallest absolute Gasteiger partial charge is 0.223 e. The Kier molecular flexibility index (Phi) is 3.55. The molecule has 0 unspecified atom stereocenters. The molecule has 0 aliphatic carbocycles. The Morgan fingerprint density at radius 3 is 2.50 bits per heavy atom. The van der Waals surface area contributed by atoms with Gasteiger partial charge in [0.15, 0.2) is 6.21 Å². The van der Waals surface area contributed by atoms with Gasteiger partial charge in [-0.25, -0.2) is 23.2 Å². The maximum absolute atomic E-state index is 8.49. The van der Waals surface area contributed by atoms with E-state index in [2.05, 4.69) is 39.9 Å². The maximum atomic E-state index is 8.49. The normalized spacial score (nSPS) is 16.0. The van der Waals surface area contributed by atoms with E-state index < -0.39 is 10.2 Å². The summed E-state index contributed by atoms with van der Waals surface area (Å²) in [5, 5.41) is 0. The van der Waals surface area contributed by atoms with Crippen molar-refractivity contribution in [1.29, 1.82) is 0 Å². The molecule has 1 aromatic carbocycles. The summed E-state index contributed by atoms with van der Waals surface area (Å²) in [7, 11) is -4.94. The molecule has 94 valence electrons. The second-order valence-corrected chi connectivity index (χ2v) is 4.39. The topological polar surface area (TPSA) is 108 Å². The summed E-state index contributed by atoms with van der Waals surface area (Å²) in [4.78, 5) is 4.26. The zero-order valence-electron chi connectivity index (χ0n) is 9.15. The third-order valence-electron chi connectivity index (χ3n) is 2.43. The van der Waals surface area contributed by atoms with Crippen molar-refractivity contribution in [3.05, 3.63) is 41.2 Å². The van der Waals surface area contributed by atoms with Crippen LogP contribution in [0.5, 0.6) is 0 Å². The lowest BCUT2D eigenvalue weighted by molar-refractivity contribution is -2.00. The van der Waals surface area contributed by atoms with E-state index in [4.69, 9.17) is 18.6 Å². The second-order valence-electron chi connectivity index (χ2n) is 3.63. The van der Waals surface area contributed by atoms with E-state index >= 15 is 0 Å². The van der Waals surface area contributed by atoms with Gasteiger partial charge in [-0.1, -0.05) is 24.3 Å². The maximum Gasteiger partial charge on any atom is 0.324 e. The summed E-state index contributed by atoms with van der Waals surface area (Å²) < 4.78 is 36.1. The average Bonchev–Trinajstić information content (AvgIpc) is 2.70. The molecule has 1 aromatic rings. The van der Waals surface area contributed by atoms with E-state index in [9.17, 15) is 0 Å². The minimum atomic E-state index is -4.94. The lowest BCUT2D eigenvalue weighted by atomic mass is 10.0. The fraction of sp³-hybridized carbons (Fsp3) is 0.0909. The van der Waals surface area contributed by atoms with Crippen LogP contribution >= 0.6 is 0 Å². The molecule has 2 aliphatic rings. The Balaban J connectivity index is 0.000000209. The Labute approximate surface area is 105 Å². The van der Waals surface area contributed by atoms with Crippen molar-refractivity contribution in [3.63, 3.8) is 0 Å². The predicted octanol–water partition coefficient (Wildman–Crippen LogP) is -3.09. The Hall–Kier alpha value is -1.57. The van der Waals surface area contributed by atoms with Crippen molar-refractivity contribution < 1.29 is 33.5 Å². The second kappa shape index (κ2) is 4.97. The molecule has 7 heteroatoms. The molecule has 0 N–H and O–H groups in total. The van der Waals surface area contributed by atoms with Crippen molar-refractivity contribution in [3.8, 4) is 0 Å². The van der Waals surface area contributed by atoms with Gasteiger partial charge in [0, 0.05) is 11.6 Å². The first-order valence-corrected chi connectivity index (χ1v) is 6.22. The predicted molar refractivity (Wildman–Crippen MR) is 52.9 cm³/mol. The summed E-state index contributed by atoms with van der Waals surface area (Å²) in [5.41, 5.74) is 2.66. The molecule has 2 aliphatic heterocycles. The molecular weight excluding hydrogens is 260 g/mol. The number of aliphatic imine (C=N–C) groups is 1. The minimum Gasteiger partial charge on any atom is -0.223 e. The van der Waals surface area contributed by atoms with E-state index in [0.29, 0.717) is 0 Å². The van der Waals surface area contributed by atoms with Gasteiger partial charge in [0.25, 0.3) is 0 Å². The quantitative estimate of drug-likeness (QED) is 0.465. The highest BCUT2D eigenvalue weighted by atomic mass is 35.7. The molecule has 0 saturated carbocycles. The summed E-state index contributed by atoms with van der Waals surface area (Å²) >= 11 is 0. The largest absolute Gasteiger partial charge is 0.324 e. The lowest BCUT2D eigenvalue weighted by Crippen LogP contribution is -2.68. The van der Waals surface area contributed by atoms with E-state index in [0.717, 1.165) is 12.4 Å². The van der Waals surface area contributed by atoms with Gasteiger partial charge in [0.1, 0.15) is 12.8 Å². The number of hydrogen-bond acceptors (Lipinski definition) is 5. The lowest BCUT2D eigenvalue weighted by Gasteiger charge is -2.17. The third-order valence-corrected chi connectivity index (χ3v) is 2.43. The fourth-order valence-electron chi connectivity index (χ4n) is 1.74. The molecule has 0 spiro atoms. The van der Waals surface area contributed by atoms with Crippen molar-refractivity contribution in [1.82, 2.24) is 0 Å². The molecule has 6 nitrogen and oxygen atoms in total. The van der Waals surface area contributed by atoms with Crippen LogP contribution in [0.1, 0.15) is 11.1 Å². The van der Waals surface area contributed by atoms with Crippen LogP contribution in [0, 0.1) is 10.2 Å². The summed E-state index contributed by atoms with van der Waals surface area (Å²) in [6.45, 7) is 0.946. The number of hydrogen-bond donors (Lipinski definition) is 0. The van der Waals surface area contributed by atoms with Gasteiger partial charge in [0.05, 0.1) is 0 Å². The number of nitrogens with zero attached hydrogens (tertiary/aromatic N) is 2. The Morgan fingerprint density at radius 1 is 1.11 bits per heavy atom. The zero-order chi connectivity index (χ0) is 13.2. The van der Waals surface area contributed by atoms with Gasteiger partial charge in [-0.15, -0.1) is 10.2 Å². The van der Waals surface area contributed by atoms with Crippen molar-refractivity contribution in [2.75, 3.05) is 0 Å². The van der Waals surface area contributed by atoms with Crippen LogP contribution in [-0.2, 0) is 6.54 Å². The highest BCUT2D eigenvalue weighted by Crippen LogP contribution is 2.22. The molecule has 2 heterocycles. The monoisotopic (exact) mass is 268 g/mol. The number of halogens is 1. The molecule has 3 rings (SSSR count). The van der Waals surface area contributed by atoms with Crippen LogP contribution in [0.2, 0.25) is 0 Å². The molecular formula is C11H9ClN2O4. The molecule has 0 atom stereocenters. The highest BCUT2D eigenvalue weighted by molar-refractivity contribution is 6.15. The number of benzene rings is 1. The van der Waals surface area contributed by atoms with Gasteiger partial charge in [0.2, 0.25) is 0 Å². The molecule has 0 saturated heterocycles. The number of fused-ring (bicyclic) bond motifs is 2. The van der Waals surface area contributed by atoms with Crippen LogP contribution in [-0.4, -0.2) is 17.0 Å². The van der Waals surface area contributed by atoms with Crippen LogP contribution < -0.4 is 18.6 Å². The standard InChI is InChI=1S/C11H9N2.ClHO4/c1-2-4-10-8-13-6-5-12-11(13)7-9(10)3-1;2-1(3,4)5/h1-7H,8H2;(H,2,3,4,5)/q+1;/p-1. The summed E-state index contributed by atoms with van der Waals surface area (Å²) in [6.07, 6.45) is 5.98. The van der Waals surface area contributed by atoms with E-state index in [-0.39, 0.29) is 0 Å². The van der Waals surface area contributed by atoms with Gasteiger partial charge in [-0.05, 0) is 10.6 Å². The van der Waals surface area contributed by atoms with Crippen LogP contribution in [0.25, 0.3) is 6.08 Å². The van der Waals surface area contributed by atoms with Gasteiger partial charge in [-0.2, -0.15) is 0 Å². The molecule has 0 radical (unpaired) electrons. The van der Waals surface area contributed by atoms with E-state index in [1.165, 1.54) is 11.1 Å². The molecule has 0 fully saturated rings. The van der Waals surface area contributed by atoms with E-state index in [1.54, 1.807) is 0 Å². The molecule has 0 bridgehead atoms. The third kappa shape index (κ3) is 3.46. The van der Waals surface area contributed by atoms with Crippen LogP contribution in [0.15, 0.2) is 35.1 Å². The molecule has 0 aromatic heterocycles. The van der Waals surface area contributed by atoms with Gasteiger partial charge in [-0.3, -0.25) is 0 Å². The van der Waals surface area contributed by atoms with Gasteiger partial charge >= 0.3 is 5.82 Å². The van der Waals surface area contributed by atoms with Crippen molar-refractivity contribution in [2.24, 2.45) is 4.99 Å². The Morgan fingerprint density at radius 2 is 1.78 bits per heavy atom. The first-order valence-electron chi connectivity index (χ1n) is 4.99. The van der Waals surface area contributed by atoms with Crippen molar-refractivity contribution in [2.45, 2.75) is 6.54 Å². The molecule has 18 heavy (non-hydrogen) atoms. The first kappa shape index (κ1) is 12.9. The Bertz CT molecular complexity index is 540. The highest BCUT2D eigenvalue weighted by Gasteiger charge is 2.22.